The van der Waals surface area contributed by atoms with E-state index in [9.17, 15) is 4.79 Å². The maximum Gasteiger partial charge on any atom is 0.277 e. The SMILES string of the molecule is O=C(COc1ccccc1)N/N=C/c1ccc(Cl)cc1Cl. The van der Waals surface area contributed by atoms with Crippen molar-refractivity contribution in [2.75, 3.05) is 6.61 Å². The molecule has 0 aromatic heterocycles. The van der Waals surface area contributed by atoms with Gasteiger partial charge in [0.2, 0.25) is 0 Å². The fourth-order valence-electron chi connectivity index (χ4n) is 1.48. The summed E-state index contributed by atoms with van der Waals surface area (Å²) in [6, 6.07) is 14.1. The fraction of sp³-hybridized carbons (Fsp3) is 0.0667. The van der Waals surface area contributed by atoms with E-state index in [-0.39, 0.29) is 12.5 Å². The minimum Gasteiger partial charge on any atom is -0.484 e. The quantitative estimate of drug-likeness (QED) is 0.676. The Labute approximate surface area is 132 Å². The van der Waals surface area contributed by atoms with Crippen molar-refractivity contribution in [1.29, 1.82) is 0 Å². The van der Waals surface area contributed by atoms with Gasteiger partial charge in [0.1, 0.15) is 5.75 Å². The molecule has 6 heteroatoms. The van der Waals surface area contributed by atoms with Gasteiger partial charge in [-0.1, -0.05) is 47.5 Å². The van der Waals surface area contributed by atoms with Gasteiger partial charge in [0.05, 0.1) is 11.2 Å². The molecule has 0 fully saturated rings. The van der Waals surface area contributed by atoms with Gasteiger partial charge < -0.3 is 4.74 Å². The zero-order chi connectivity index (χ0) is 15.1. The first kappa shape index (κ1) is 15.4. The molecule has 2 aromatic carbocycles. The highest BCUT2D eigenvalue weighted by molar-refractivity contribution is 6.36. The highest BCUT2D eigenvalue weighted by Crippen LogP contribution is 2.19. The van der Waals surface area contributed by atoms with Gasteiger partial charge in [0.25, 0.3) is 5.91 Å². The average molecular weight is 323 g/mol. The lowest BCUT2D eigenvalue weighted by Crippen LogP contribution is -2.24. The molecule has 0 heterocycles. The molecule has 0 radical (unpaired) electrons. The van der Waals surface area contributed by atoms with Crippen LogP contribution < -0.4 is 10.2 Å². The van der Waals surface area contributed by atoms with Gasteiger partial charge in [-0.05, 0) is 24.3 Å². The molecule has 0 aliphatic carbocycles. The Kier molecular flexibility index (Phi) is 5.60. The van der Waals surface area contributed by atoms with Crippen molar-refractivity contribution < 1.29 is 9.53 Å². The van der Waals surface area contributed by atoms with Gasteiger partial charge in [-0.2, -0.15) is 5.10 Å². The summed E-state index contributed by atoms with van der Waals surface area (Å²) < 4.78 is 5.28. The van der Waals surface area contributed by atoms with Crippen LogP contribution in [0, 0.1) is 0 Å². The van der Waals surface area contributed by atoms with Crippen LogP contribution in [0.3, 0.4) is 0 Å². The van der Waals surface area contributed by atoms with Gasteiger partial charge in [0.15, 0.2) is 6.61 Å². The molecular formula is C15H12Cl2N2O2. The second-order valence-electron chi connectivity index (χ2n) is 4.06. The zero-order valence-electron chi connectivity index (χ0n) is 10.9. The largest absolute Gasteiger partial charge is 0.484 e. The number of ether oxygens (including phenoxy) is 1. The van der Waals surface area contributed by atoms with Crippen molar-refractivity contribution in [3.8, 4) is 5.75 Å². The highest BCUT2D eigenvalue weighted by atomic mass is 35.5. The van der Waals surface area contributed by atoms with E-state index in [1.807, 2.05) is 18.2 Å². The number of carbonyl (C=O) groups is 1. The Balaban J connectivity index is 1.82. The van der Waals surface area contributed by atoms with Crippen LogP contribution in [0.2, 0.25) is 10.0 Å². The molecule has 0 atom stereocenters. The summed E-state index contributed by atoms with van der Waals surface area (Å²) in [7, 11) is 0. The Morgan fingerprint density at radius 2 is 1.95 bits per heavy atom. The summed E-state index contributed by atoms with van der Waals surface area (Å²) >= 11 is 11.8. The van der Waals surface area contributed by atoms with Crippen molar-refractivity contribution in [3.05, 3.63) is 64.1 Å². The number of benzene rings is 2. The standard InChI is InChI=1S/C15H12Cl2N2O2/c16-12-7-6-11(14(17)8-12)9-18-19-15(20)10-21-13-4-2-1-3-5-13/h1-9H,10H2,(H,19,20)/b18-9+. The molecule has 2 rings (SSSR count). The Bertz CT molecular complexity index is 645. The number of halogens is 2. The molecule has 0 spiro atoms. The van der Waals surface area contributed by atoms with E-state index in [1.165, 1.54) is 6.21 Å². The maximum absolute atomic E-state index is 11.5. The average Bonchev–Trinajstić information content (AvgIpc) is 2.48. The van der Waals surface area contributed by atoms with Crippen molar-refractivity contribution in [2.24, 2.45) is 5.10 Å². The summed E-state index contributed by atoms with van der Waals surface area (Å²) in [5.74, 6) is 0.262. The predicted molar refractivity (Wildman–Crippen MR) is 84.1 cm³/mol. The second-order valence-corrected chi connectivity index (χ2v) is 4.90. The van der Waals surface area contributed by atoms with E-state index in [4.69, 9.17) is 27.9 Å². The number of rotatable bonds is 5. The molecule has 2 aromatic rings. The molecular weight excluding hydrogens is 311 g/mol. The van der Waals surface area contributed by atoms with Gasteiger partial charge in [-0.15, -0.1) is 0 Å². The molecule has 0 aliphatic heterocycles. The Morgan fingerprint density at radius 3 is 2.67 bits per heavy atom. The van der Waals surface area contributed by atoms with Gasteiger partial charge in [0, 0.05) is 10.6 Å². The van der Waals surface area contributed by atoms with E-state index in [0.717, 1.165) is 0 Å². The Hall–Kier alpha value is -2.04. The van der Waals surface area contributed by atoms with Crippen LogP contribution in [0.5, 0.6) is 5.75 Å². The second kappa shape index (κ2) is 7.67. The zero-order valence-corrected chi connectivity index (χ0v) is 12.4. The molecule has 1 amide bonds. The monoisotopic (exact) mass is 322 g/mol. The molecule has 21 heavy (non-hydrogen) atoms. The van der Waals surface area contributed by atoms with Crippen LogP contribution in [-0.4, -0.2) is 18.7 Å². The highest BCUT2D eigenvalue weighted by Gasteiger charge is 2.01. The topological polar surface area (TPSA) is 50.7 Å². The van der Waals surface area contributed by atoms with E-state index in [0.29, 0.717) is 21.4 Å². The predicted octanol–water partition coefficient (Wildman–Crippen LogP) is 3.52. The van der Waals surface area contributed by atoms with Crippen LogP contribution >= 0.6 is 23.2 Å². The number of hydrogen-bond donors (Lipinski definition) is 1. The van der Waals surface area contributed by atoms with E-state index >= 15 is 0 Å². The van der Waals surface area contributed by atoms with E-state index in [2.05, 4.69) is 10.5 Å². The molecule has 0 aliphatic rings. The number of nitrogens with one attached hydrogen (secondary N) is 1. The number of carbonyl (C=O) groups excluding carboxylic acids is 1. The van der Waals surface area contributed by atoms with Crippen molar-refractivity contribution >= 4 is 35.3 Å². The maximum atomic E-state index is 11.5. The first-order valence-corrected chi connectivity index (χ1v) is 6.85. The number of amides is 1. The van der Waals surface area contributed by atoms with Crippen molar-refractivity contribution in [1.82, 2.24) is 5.43 Å². The molecule has 1 N–H and O–H groups in total. The molecule has 0 saturated heterocycles. The Morgan fingerprint density at radius 1 is 1.19 bits per heavy atom. The fourth-order valence-corrected chi connectivity index (χ4v) is 1.94. The lowest BCUT2D eigenvalue weighted by Gasteiger charge is -2.04. The van der Waals surface area contributed by atoms with Gasteiger partial charge in [-0.25, -0.2) is 5.43 Å². The third kappa shape index (κ3) is 5.10. The van der Waals surface area contributed by atoms with Crippen LogP contribution in [-0.2, 0) is 4.79 Å². The normalized spacial score (nSPS) is 10.6. The third-order valence-electron chi connectivity index (χ3n) is 2.47. The molecule has 108 valence electrons. The summed E-state index contributed by atoms with van der Waals surface area (Å²) in [5, 5.41) is 4.81. The van der Waals surface area contributed by atoms with Gasteiger partial charge >= 0.3 is 0 Å². The molecule has 0 unspecified atom stereocenters. The van der Waals surface area contributed by atoms with Crippen molar-refractivity contribution in [3.63, 3.8) is 0 Å². The lowest BCUT2D eigenvalue weighted by molar-refractivity contribution is -0.123. The summed E-state index contributed by atoms with van der Waals surface area (Å²) in [6.07, 6.45) is 1.44. The van der Waals surface area contributed by atoms with Crippen LogP contribution in [0.15, 0.2) is 53.6 Å². The van der Waals surface area contributed by atoms with Crippen molar-refractivity contribution in [2.45, 2.75) is 0 Å². The lowest BCUT2D eigenvalue weighted by atomic mass is 10.2. The number of hydrogen-bond acceptors (Lipinski definition) is 3. The van der Waals surface area contributed by atoms with Crippen LogP contribution in [0.25, 0.3) is 0 Å². The smallest absolute Gasteiger partial charge is 0.277 e. The third-order valence-corrected chi connectivity index (χ3v) is 3.03. The molecule has 0 bridgehead atoms. The molecule has 4 nitrogen and oxygen atoms in total. The minimum atomic E-state index is -0.361. The first-order valence-electron chi connectivity index (χ1n) is 6.10. The van der Waals surface area contributed by atoms with Crippen LogP contribution in [0.4, 0.5) is 0 Å². The first-order chi connectivity index (χ1) is 10.1. The van der Waals surface area contributed by atoms with Gasteiger partial charge in [-0.3, -0.25) is 4.79 Å². The molecule has 0 saturated carbocycles. The number of hydrazone groups is 1. The number of para-hydroxylation sites is 1. The summed E-state index contributed by atoms with van der Waals surface area (Å²) in [5.41, 5.74) is 3.01. The summed E-state index contributed by atoms with van der Waals surface area (Å²) in [6.45, 7) is -0.115. The van der Waals surface area contributed by atoms with E-state index in [1.54, 1.807) is 30.3 Å². The number of nitrogens with zero attached hydrogens (tertiary/aromatic N) is 1. The van der Waals surface area contributed by atoms with Crippen LogP contribution in [0.1, 0.15) is 5.56 Å². The minimum absolute atomic E-state index is 0.115. The summed E-state index contributed by atoms with van der Waals surface area (Å²) in [4.78, 5) is 11.5. The van der Waals surface area contributed by atoms with E-state index < -0.39 is 0 Å².